The van der Waals surface area contributed by atoms with Gasteiger partial charge in [0.15, 0.2) is 0 Å². The molecule has 0 aliphatic heterocycles. The Morgan fingerprint density at radius 1 is 1.73 bits per heavy atom. The molecule has 0 bridgehead atoms. The molecule has 0 aromatic carbocycles. The zero-order valence-corrected chi connectivity index (χ0v) is 7.17. The van der Waals surface area contributed by atoms with Gasteiger partial charge in [-0.25, -0.2) is 4.98 Å². The topological polar surface area (TPSA) is 38.0 Å². The van der Waals surface area contributed by atoms with Crippen LogP contribution in [0.4, 0.5) is 0 Å². The van der Waals surface area contributed by atoms with Gasteiger partial charge in [-0.1, -0.05) is 0 Å². The summed E-state index contributed by atoms with van der Waals surface area (Å²) in [5.74, 6) is 0. The van der Waals surface area contributed by atoms with Gasteiger partial charge in [-0.3, -0.25) is 0 Å². The van der Waals surface area contributed by atoms with Gasteiger partial charge in [-0.05, 0) is 18.5 Å². The summed E-state index contributed by atoms with van der Waals surface area (Å²) in [5.41, 5.74) is 0.986. The van der Waals surface area contributed by atoms with Crippen LogP contribution < -0.4 is 0 Å². The maximum absolute atomic E-state index is 8.66. The standard InChI is InChI=1S/C7H11ClN2O/c1-2-10-6(3-4-11)5-9-7(10)8/h5,11H,2-4H2,1H3. The van der Waals surface area contributed by atoms with Crippen molar-refractivity contribution in [2.24, 2.45) is 0 Å². The zero-order valence-electron chi connectivity index (χ0n) is 6.42. The van der Waals surface area contributed by atoms with Crippen LogP contribution in [0.15, 0.2) is 6.20 Å². The average Bonchev–Trinajstić information content (AvgIpc) is 2.33. The third-order valence-corrected chi connectivity index (χ3v) is 1.88. The highest BCUT2D eigenvalue weighted by molar-refractivity contribution is 6.28. The highest BCUT2D eigenvalue weighted by atomic mass is 35.5. The molecule has 0 radical (unpaired) electrons. The number of nitrogens with zero attached hydrogens (tertiary/aromatic N) is 2. The number of hydrogen-bond acceptors (Lipinski definition) is 2. The molecule has 0 spiro atoms. The Morgan fingerprint density at radius 2 is 2.45 bits per heavy atom. The van der Waals surface area contributed by atoms with Crippen LogP contribution in [0, 0.1) is 0 Å². The summed E-state index contributed by atoms with van der Waals surface area (Å²) in [5, 5.41) is 9.16. The highest BCUT2D eigenvalue weighted by Gasteiger charge is 2.04. The van der Waals surface area contributed by atoms with E-state index in [0.717, 1.165) is 12.2 Å². The number of aliphatic hydroxyl groups is 1. The van der Waals surface area contributed by atoms with Gasteiger partial charge < -0.3 is 9.67 Å². The van der Waals surface area contributed by atoms with E-state index in [4.69, 9.17) is 16.7 Å². The Balaban J connectivity index is 2.86. The van der Waals surface area contributed by atoms with Crippen molar-refractivity contribution in [1.29, 1.82) is 0 Å². The first-order valence-corrected chi connectivity index (χ1v) is 3.98. The van der Waals surface area contributed by atoms with E-state index in [-0.39, 0.29) is 6.61 Å². The third-order valence-electron chi connectivity index (χ3n) is 1.57. The minimum absolute atomic E-state index is 0.141. The van der Waals surface area contributed by atoms with Gasteiger partial charge in [0.1, 0.15) is 0 Å². The summed E-state index contributed by atoms with van der Waals surface area (Å²) in [6.07, 6.45) is 2.32. The van der Waals surface area contributed by atoms with Crippen LogP contribution in [0.2, 0.25) is 5.28 Å². The molecule has 0 aliphatic rings. The number of aromatic nitrogens is 2. The molecule has 1 aromatic rings. The lowest BCUT2D eigenvalue weighted by atomic mass is 10.3. The van der Waals surface area contributed by atoms with Gasteiger partial charge in [0, 0.05) is 31.5 Å². The van der Waals surface area contributed by atoms with Crippen molar-refractivity contribution in [2.75, 3.05) is 6.61 Å². The number of rotatable bonds is 3. The van der Waals surface area contributed by atoms with Crippen molar-refractivity contribution in [3.05, 3.63) is 17.2 Å². The average molecular weight is 175 g/mol. The minimum atomic E-state index is 0.141. The molecule has 0 saturated carbocycles. The van der Waals surface area contributed by atoms with E-state index in [1.807, 2.05) is 11.5 Å². The van der Waals surface area contributed by atoms with Crippen molar-refractivity contribution in [3.63, 3.8) is 0 Å². The largest absolute Gasteiger partial charge is 0.396 e. The second-order valence-corrected chi connectivity index (χ2v) is 2.57. The van der Waals surface area contributed by atoms with Crippen molar-refractivity contribution < 1.29 is 5.11 Å². The summed E-state index contributed by atoms with van der Waals surface area (Å²) in [7, 11) is 0. The van der Waals surface area contributed by atoms with Crippen LogP contribution in [0.5, 0.6) is 0 Å². The molecule has 62 valence electrons. The van der Waals surface area contributed by atoms with Gasteiger partial charge in [0.05, 0.1) is 0 Å². The van der Waals surface area contributed by atoms with Crippen LogP contribution in [0.1, 0.15) is 12.6 Å². The normalized spacial score (nSPS) is 10.5. The van der Waals surface area contributed by atoms with E-state index < -0.39 is 0 Å². The number of imidazole rings is 1. The van der Waals surface area contributed by atoms with Gasteiger partial charge in [0.25, 0.3) is 0 Å². The van der Waals surface area contributed by atoms with E-state index >= 15 is 0 Å². The molecule has 0 saturated heterocycles. The third kappa shape index (κ3) is 1.73. The molecule has 0 amide bonds. The molecule has 0 aliphatic carbocycles. The lowest BCUT2D eigenvalue weighted by Gasteiger charge is -2.03. The van der Waals surface area contributed by atoms with Gasteiger partial charge in [-0.2, -0.15) is 0 Å². The Morgan fingerprint density at radius 3 is 3.00 bits per heavy atom. The zero-order chi connectivity index (χ0) is 8.27. The molecule has 0 atom stereocenters. The van der Waals surface area contributed by atoms with Gasteiger partial charge in [0.2, 0.25) is 5.28 Å². The van der Waals surface area contributed by atoms with Crippen molar-refractivity contribution in [1.82, 2.24) is 9.55 Å². The quantitative estimate of drug-likeness (QED) is 0.745. The second kappa shape index (κ2) is 3.74. The molecule has 1 heterocycles. The fourth-order valence-electron chi connectivity index (χ4n) is 1.03. The first-order chi connectivity index (χ1) is 5.29. The van der Waals surface area contributed by atoms with Crippen LogP contribution in [-0.4, -0.2) is 21.3 Å². The van der Waals surface area contributed by atoms with Crippen molar-refractivity contribution >= 4 is 11.6 Å². The summed E-state index contributed by atoms with van der Waals surface area (Å²) in [4.78, 5) is 3.92. The molecule has 1 rings (SSSR count). The Bertz CT molecular complexity index is 234. The molecule has 1 aromatic heterocycles. The smallest absolute Gasteiger partial charge is 0.202 e. The summed E-state index contributed by atoms with van der Waals surface area (Å²) in [6.45, 7) is 2.94. The molecule has 0 fully saturated rings. The van der Waals surface area contributed by atoms with Gasteiger partial charge in [-0.15, -0.1) is 0 Å². The predicted octanol–water partition coefficient (Wildman–Crippen LogP) is 1.09. The van der Waals surface area contributed by atoms with E-state index in [1.54, 1.807) is 6.20 Å². The summed E-state index contributed by atoms with van der Waals surface area (Å²) < 4.78 is 1.87. The predicted molar refractivity (Wildman–Crippen MR) is 43.7 cm³/mol. The summed E-state index contributed by atoms with van der Waals surface area (Å²) in [6, 6.07) is 0. The van der Waals surface area contributed by atoms with E-state index in [1.165, 1.54) is 0 Å². The maximum Gasteiger partial charge on any atom is 0.202 e. The fraction of sp³-hybridized carbons (Fsp3) is 0.571. The number of halogens is 1. The summed E-state index contributed by atoms with van der Waals surface area (Å²) >= 11 is 5.75. The Labute approximate surface area is 70.6 Å². The van der Waals surface area contributed by atoms with Crippen LogP contribution in [-0.2, 0) is 13.0 Å². The van der Waals surface area contributed by atoms with Crippen LogP contribution >= 0.6 is 11.6 Å². The van der Waals surface area contributed by atoms with Crippen LogP contribution in [0.3, 0.4) is 0 Å². The Hall–Kier alpha value is -0.540. The molecule has 1 N–H and O–H groups in total. The first-order valence-electron chi connectivity index (χ1n) is 3.60. The van der Waals surface area contributed by atoms with E-state index in [2.05, 4.69) is 4.98 Å². The minimum Gasteiger partial charge on any atom is -0.396 e. The lowest BCUT2D eigenvalue weighted by Crippen LogP contribution is -2.02. The van der Waals surface area contributed by atoms with Crippen molar-refractivity contribution in [2.45, 2.75) is 19.9 Å². The lowest BCUT2D eigenvalue weighted by molar-refractivity contribution is 0.296. The molecule has 4 heteroatoms. The molecule has 0 unspecified atom stereocenters. The second-order valence-electron chi connectivity index (χ2n) is 2.24. The molecular formula is C7H11ClN2O. The van der Waals surface area contributed by atoms with Crippen molar-refractivity contribution in [3.8, 4) is 0 Å². The first kappa shape index (κ1) is 8.56. The molecular weight excluding hydrogens is 164 g/mol. The molecule has 11 heavy (non-hydrogen) atoms. The Kier molecular flexibility index (Phi) is 2.91. The monoisotopic (exact) mass is 174 g/mol. The highest BCUT2D eigenvalue weighted by Crippen LogP contribution is 2.10. The maximum atomic E-state index is 8.66. The number of hydrogen-bond donors (Lipinski definition) is 1. The molecule has 3 nitrogen and oxygen atoms in total. The SMILES string of the molecule is CCn1c(CCO)cnc1Cl. The number of aliphatic hydroxyl groups excluding tert-OH is 1. The van der Waals surface area contributed by atoms with E-state index in [9.17, 15) is 0 Å². The van der Waals surface area contributed by atoms with Gasteiger partial charge >= 0.3 is 0 Å². The fourth-order valence-corrected chi connectivity index (χ4v) is 1.31. The van der Waals surface area contributed by atoms with E-state index in [0.29, 0.717) is 11.7 Å². The van der Waals surface area contributed by atoms with Crippen LogP contribution in [0.25, 0.3) is 0 Å².